The molecule has 0 N–H and O–H groups in total. The number of hydrogen-bond acceptors (Lipinski definition) is 4. The lowest BCUT2D eigenvalue weighted by molar-refractivity contribution is -0.534. The third-order valence-corrected chi connectivity index (χ3v) is 6.85. The Kier molecular flexibility index (Phi) is 11.8. The third kappa shape index (κ3) is 8.18. The first-order valence-corrected chi connectivity index (χ1v) is 12.0. The molecule has 30 heavy (non-hydrogen) atoms. The molecule has 174 valence electrons. The highest BCUT2D eigenvalue weighted by Crippen LogP contribution is 2.07. The zero-order chi connectivity index (χ0) is 19.0. The summed E-state index contributed by atoms with van der Waals surface area (Å²) in [6.07, 6.45) is 12.7. The molecule has 0 aromatic carbocycles. The van der Waals surface area contributed by atoms with Crippen molar-refractivity contribution in [2.75, 3.05) is 91.6 Å². The van der Waals surface area contributed by atoms with E-state index in [9.17, 15) is 0 Å². The molecule has 0 radical (unpaired) electrons. The van der Waals surface area contributed by atoms with E-state index in [1.807, 2.05) is 0 Å². The van der Waals surface area contributed by atoms with Crippen LogP contribution in [0.4, 0.5) is 0 Å². The number of fused-ring (bicyclic) bond motifs is 2. The van der Waals surface area contributed by atoms with Crippen LogP contribution in [0.15, 0.2) is 0 Å². The van der Waals surface area contributed by atoms with Gasteiger partial charge in [0.25, 0.3) is 0 Å². The van der Waals surface area contributed by atoms with Crippen LogP contribution < -0.4 is 24.8 Å². The van der Waals surface area contributed by atoms with Crippen molar-refractivity contribution in [3.63, 3.8) is 0 Å². The van der Waals surface area contributed by atoms with E-state index in [0.29, 0.717) is 0 Å². The summed E-state index contributed by atoms with van der Waals surface area (Å²) >= 11 is 0. The van der Waals surface area contributed by atoms with E-state index in [-0.39, 0.29) is 24.8 Å². The molecule has 4 rings (SSSR count). The van der Waals surface area contributed by atoms with Crippen LogP contribution >= 0.6 is 0 Å². The minimum Gasteiger partial charge on any atom is -1.00 e. The molecule has 0 aromatic rings. The molecule has 4 bridgehead atoms. The molecule has 0 saturated carbocycles. The van der Waals surface area contributed by atoms with Gasteiger partial charge in [-0.2, -0.15) is 0 Å². The van der Waals surface area contributed by atoms with Gasteiger partial charge in [0.2, 0.25) is 12.7 Å². The molecule has 4 aliphatic heterocycles. The summed E-state index contributed by atoms with van der Waals surface area (Å²) < 4.78 is 5.10. The van der Waals surface area contributed by atoms with Crippen molar-refractivity contribution >= 4 is 12.7 Å². The van der Waals surface area contributed by atoms with Gasteiger partial charge in [0, 0.05) is 52.1 Å². The molecule has 0 fully saturated rings. The fraction of sp³-hybridized carbons (Fsp3) is 0.909. The molecule has 4 heterocycles. The van der Waals surface area contributed by atoms with Crippen LogP contribution in [-0.4, -0.2) is 133 Å². The first-order chi connectivity index (χ1) is 13.8. The Morgan fingerprint density at radius 3 is 1.23 bits per heavy atom. The predicted molar refractivity (Wildman–Crippen MR) is 116 cm³/mol. The van der Waals surface area contributed by atoms with Crippen LogP contribution in [0.3, 0.4) is 0 Å². The molecule has 4 aliphatic rings. The zero-order valence-corrected chi connectivity index (χ0v) is 20.2. The summed E-state index contributed by atoms with van der Waals surface area (Å²) in [5.41, 5.74) is 0. The van der Waals surface area contributed by atoms with Gasteiger partial charge in [0.05, 0.1) is 52.4 Å². The maximum absolute atomic E-state index is 2.75. The molecule has 8 heteroatoms. The van der Waals surface area contributed by atoms with E-state index in [0.717, 1.165) is 0 Å². The van der Waals surface area contributed by atoms with E-state index < -0.39 is 0 Å². The van der Waals surface area contributed by atoms with Crippen LogP contribution in [0.5, 0.6) is 0 Å². The van der Waals surface area contributed by atoms with Crippen LogP contribution in [0.2, 0.25) is 0 Å². The zero-order valence-electron chi connectivity index (χ0n) is 18.7. The van der Waals surface area contributed by atoms with Gasteiger partial charge in [-0.15, -0.1) is 0 Å². The first-order valence-electron chi connectivity index (χ1n) is 12.0. The maximum atomic E-state index is 2.75. The lowest BCUT2D eigenvalue weighted by atomic mass is 10.2. The Labute approximate surface area is 196 Å². The summed E-state index contributed by atoms with van der Waals surface area (Å²) in [5, 5.41) is 0. The Morgan fingerprint density at radius 2 is 0.800 bits per heavy atom. The van der Waals surface area contributed by atoms with Crippen molar-refractivity contribution in [2.45, 2.75) is 38.5 Å². The lowest BCUT2D eigenvalue weighted by Gasteiger charge is -2.30. The third-order valence-electron chi connectivity index (χ3n) is 6.85. The van der Waals surface area contributed by atoms with E-state index in [2.05, 4.69) is 41.4 Å². The summed E-state index contributed by atoms with van der Waals surface area (Å²) in [5.74, 6) is 0. The van der Waals surface area contributed by atoms with Crippen LogP contribution in [0.1, 0.15) is 38.5 Å². The Bertz CT molecular complexity index is 508. The molecule has 0 spiro atoms. The second-order valence-corrected chi connectivity index (χ2v) is 9.18. The Balaban J connectivity index is 0.00000160. The van der Waals surface area contributed by atoms with E-state index in [1.54, 1.807) is 0 Å². The van der Waals surface area contributed by atoms with E-state index in [4.69, 9.17) is 0 Å². The lowest BCUT2D eigenvalue weighted by Crippen LogP contribution is -3.00. The smallest absolute Gasteiger partial charge is 0.234 e. The average Bonchev–Trinajstić information content (AvgIpc) is 2.71. The van der Waals surface area contributed by atoms with Crippen molar-refractivity contribution in [1.82, 2.24) is 19.6 Å². The van der Waals surface area contributed by atoms with Gasteiger partial charge in [-0.1, -0.05) is 0 Å². The second-order valence-electron chi connectivity index (χ2n) is 9.18. The van der Waals surface area contributed by atoms with E-state index >= 15 is 0 Å². The number of hydrogen-bond donors (Lipinski definition) is 0. The highest BCUT2D eigenvalue weighted by atomic mass is 35.5. The fourth-order valence-electron chi connectivity index (χ4n) is 5.27. The molecule has 0 atom stereocenters. The highest BCUT2D eigenvalue weighted by Gasteiger charge is 2.20. The predicted octanol–water partition coefficient (Wildman–Crippen LogP) is -5.32. The molecule has 6 nitrogen and oxygen atoms in total. The Morgan fingerprint density at radius 1 is 0.467 bits per heavy atom. The highest BCUT2D eigenvalue weighted by molar-refractivity contribution is 5.49. The number of halogens is 2. The van der Waals surface area contributed by atoms with Gasteiger partial charge in [-0.05, 0) is 25.7 Å². The van der Waals surface area contributed by atoms with Crippen molar-refractivity contribution in [3.05, 3.63) is 0 Å². The standard InChI is InChI=1S/C22H42N6.2ClH/c1-7-23(8-2-12-26-16-5-15-25(11-1)21-26)19-20-24-9-3-13-27-17-6-18-28(22-27)14-4-10-24;;/h21-22H,1-20H2;2*1H/q+2;;/p-2. The van der Waals surface area contributed by atoms with Gasteiger partial charge in [-0.25, -0.2) is 0 Å². The van der Waals surface area contributed by atoms with Crippen LogP contribution in [0, 0.1) is 0 Å². The number of nitrogens with zero attached hydrogens (tertiary/aromatic N) is 6. The Hall–Kier alpha value is -0.560. The van der Waals surface area contributed by atoms with Crippen LogP contribution in [-0.2, 0) is 0 Å². The topological polar surface area (TPSA) is 19.0 Å². The van der Waals surface area contributed by atoms with Crippen molar-refractivity contribution < 1.29 is 34.0 Å². The fourth-order valence-corrected chi connectivity index (χ4v) is 5.27. The monoisotopic (exact) mass is 460 g/mol. The summed E-state index contributed by atoms with van der Waals surface area (Å²) in [4.78, 5) is 10.6. The van der Waals surface area contributed by atoms with Gasteiger partial charge in [-0.3, -0.25) is 19.0 Å². The van der Waals surface area contributed by atoms with Crippen molar-refractivity contribution in [3.8, 4) is 0 Å². The summed E-state index contributed by atoms with van der Waals surface area (Å²) in [6, 6.07) is 0. The molecule has 0 unspecified atom stereocenters. The van der Waals surface area contributed by atoms with Crippen LogP contribution in [0.25, 0.3) is 0 Å². The largest absolute Gasteiger partial charge is 1.00 e. The second kappa shape index (κ2) is 13.8. The summed E-state index contributed by atoms with van der Waals surface area (Å²) in [6.45, 7) is 17.6. The molecule has 0 aromatic heterocycles. The molecular formula is C22H42Cl2N6. The summed E-state index contributed by atoms with van der Waals surface area (Å²) in [7, 11) is 0. The SMILES string of the molecule is C1=[N+]2CCCN1CCCN(CCN1CCCN3C=[N+](CCC3)CCC1)CCC2.[Cl-].[Cl-]. The minimum atomic E-state index is 0. The molecule has 0 saturated heterocycles. The van der Waals surface area contributed by atoms with Gasteiger partial charge >= 0.3 is 0 Å². The van der Waals surface area contributed by atoms with Gasteiger partial charge in [0.1, 0.15) is 0 Å². The molecule has 0 aliphatic carbocycles. The maximum Gasteiger partial charge on any atom is 0.234 e. The number of rotatable bonds is 3. The normalized spacial score (nSPS) is 24.7. The molecule has 0 amide bonds. The van der Waals surface area contributed by atoms with Crippen molar-refractivity contribution in [2.24, 2.45) is 0 Å². The first kappa shape index (κ1) is 25.7. The van der Waals surface area contributed by atoms with Gasteiger partial charge < -0.3 is 34.6 Å². The van der Waals surface area contributed by atoms with Crippen molar-refractivity contribution in [1.29, 1.82) is 0 Å². The average molecular weight is 462 g/mol. The van der Waals surface area contributed by atoms with Gasteiger partial charge in [0.15, 0.2) is 0 Å². The van der Waals surface area contributed by atoms with E-state index in [1.165, 1.54) is 130 Å². The molecular weight excluding hydrogens is 419 g/mol. The minimum absolute atomic E-state index is 0. The quantitative estimate of drug-likeness (QED) is 0.391.